The van der Waals surface area contributed by atoms with Crippen molar-refractivity contribution in [1.82, 2.24) is 0 Å². The minimum Gasteiger partial charge on any atom is -0.419 e. The molecule has 0 heterocycles. The van der Waals surface area contributed by atoms with Gasteiger partial charge >= 0.3 is 0 Å². The standard InChI is InChI=1S/C11H16OSi/c1-3-13(12-2)10-9-11-7-5-4-6-8-11/h4-10,13H,3H2,1-2H3/b10-9+. The van der Waals surface area contributed by atoms with Gasteiger partial charge in [-0.15, -0.1) is 0 Å². The summed E-state index contributed by atoms with van der Waals surface area (Å²) in [5, 5.41) is 0. The van der Waals surface area contributed by atoms with Gasteiger partial charge in [-0.2, -0.15) is 0 Å². The number of rotatable bonds is 4. The summed E-state index contributed by atoms with van der Waals surface area (Å²) in [5.41, 5.74) is 3.49. The Bertz CT molecular complexity index is 252. The zero-order valence-corrected chi connectivity index (χ0v) is 9.39. The first-order valence-corrected chi connectivity index (χ1v) is 6.58. The molecule has 0 saturated heterocycles. The summed E-state index contributed by atoms with van der Waals surface area (Å²) < 4.78 is 5.37. The van der Waals surface area contributed by atoms with Gasteiger partial charge in [-0.25, -0.2) is 0 Å². The van der Waals surface area contributed by atoms with Gasteiger partial charge in [0.1, 0.15) is 0 Å². The first-order valence-electron chi connectivity index (χ1n) is 4.63. The molecular weight excluding hydrogens is 176 g/mol. The van der Waals surface area contributed by atoms with Crippen molar-refractivity contribution >= 4 is 15.1 Å². The Morgan fingerprint density at radius 2 is 2.00 bits per heavy atom. The molecule has 1 aromatic rings. The first kappa shape index (κ1) is 10.2. The quantitative estimate of drug-likeness (QED) is 0.666. The van der Waals surface area contributed by atoms with E-state index in [9.17, 15) is 0 Å². The third kappa shape index (κ3) is 3.57. The molecule has 0 saturated carbocycles. The molecule has 0 aromatic heterocycles. The fourth-order valence-corrected chi connectivity index (χ4v) is 2.36. The lowest BCUT2D eigenvalue weighted by atomic mass is 10.2. The van der Waals surface area contributed by atoms with Crippen LogP contribution in [0.4, 0.5) is 0 Å². The van der Waals surface area contributed by atoms with Gasteiger partial charge in [0.25, 0.3) is 0 Å². The second kappa shape index (κ2) is 5.73. The lowest BCUT2D eigenvalue weighted by Gasteiger charge is -2.03. The molecule has 0 aliphatic carbocycles. The molecule has 0 amide bonds. The molecule has 1 rings (SSSR count). The van der Waals surface area contributed by atoms with Crippen molar-refractivity contribution in [3.8, 4) is 0 Å². The molecule has 0 spiro atoms. The topological polar surface area (TPSA) is 9.23 Å². The highest BCUT2D eigenvalue weighted by atomic mass is 28.3. The number of hydrogen-bond donors (Lipinski definition) is 0. The summed E-state index contributed by atoms with van der Waals surface area (Å²) in [6.07, 6.45) is 2.16. The van der Waals surface area contributed by atoms with Crippen LogP contribution in [-0.4, -0.2) is 16.2 Å². The fraction of sp³-hybridized carbons (Fsp3) is 0.273. The van der Waals surface area contributed by atoms with Gasteiger partial charge in [0.05, 0.1) is 0 Å². The SMILES string of the molecule is CC[SiH](/C=C/c1ccccc1)OC. The van der Waals surface area contributed by atoms with Gasteiger partial charge in [0.2, 0.25) is 0 Å². The normalized spacial score (nSPS) is 13.4. The zero-order valence-electron chi connectivity index (χ0n) is 8.23. The third-order valence-electron chi connectivity index (χ3n) is 2.01. The Morgan fingerprint density at radius 3 is 2.54 bits per heavy atom. The third-order valence-corrected chi connectivity index (χ3v) is 4.04. The lowest BCUT2D eigenvalue weighted by molar-refractivity contribution is 0.429. The maximum Gasteiger partial charge on any atom is 0.200 e. The molecule has 1 nitrogen and oxygen atoms in total. The molecule has 0 bridgehead atoms. The van der Waals surface area contributed by atoms with Crippen molar-refractivity contribution in [2.75, 3.05) is 7.11 Å². The van der Waals surface area contributed by atoms with E-state index in [1.807, 2.05) is 6.07 Å². The van der Waals surface area contributed by atoms with Crippen LogP contribution in [0.1, 0.15) is 12.5 Å². The first-order chi connectivity index (χ1) is 6.36. The van der Waals surface area contributed by atoms with Crippen molar-refractivity contribution in [2.45, 2.75) is 13.0 Å². The Balaban J connectivity index is 2.57. The Kier molecular flexibility index (Phi) is 4.50. The summed E-state index contributed by atoms with van der Waals surface area (Å²) in [6, 6.07) is 11.5. The highest BCUT2D eigenvalue weighted by Gasteiger charge is 1.99. The largest absolute Gasteiger partial charge is 0.419 e. The van der Waals surface area contributed by atoms with Crippen LogP contribution < -0.4 is 0 Å². The molecule has 2 heteroatoms. The summed E-state index contributed by atoms with van der Waals surface area (Å²) >= 11 is 0. The van der Waals surface area contributed by atoms with Crippen LogP contribution in [0.5, 0.6) is 0 Å². The van der Waals surface area contributed by atoms with Crippen molar-refractivity contribution in [3.63, 3.8) is 0 Å². The van der Waals surface area contributed by atoms with Crippen LogP contribution in [0.25, 0.3) is 6.08 Å². The predicted octanol–water partition coefficient (Wildman–Crippen LogP) is 2.63. The smallest absolute Gasteiger partial charge is 0.200 e. The number of hydrogen-bond acceptors (Lipinski definition) is 1. The van der Waals surface area contributed by atoms with Crippen LogP contribution in [0.15, 0.2) is 36.0 Å². The van der Waals surface area contributed by atoms with E-state index in [1.165, 1.54) is 5.56 Å². The molecule has 1 atom stereocenters. The van der Waals surface area contributed by atoms with Crippen molar-refractivity contribution in [1.29, 1.82) is 0 Å². The van der Waals surface area contributed by atoms with Crippen LogP contribution in [-0.2, 0) is 4.43 Å². The maximum atomic E-state index is 5.37. The van der Waals surface area contributed by atoms with E-state index >= 15 is 0 Å². The van der Waals surface area contributed by atoms with Crippen LogP contribution in [0.3, 0.4) is 0 Å². The molecule has 0 radical (unpaired) electrons. The molecule has 1 unspecified atom stereocenters. The zero-order chi connectivity index (χ0) is 9.52. The van der Waals surface area contributed by atoms with Gasteiger partial charge in [0, 0.05) is 7.11 Å². The average molecular weight is 192 g/mol. The van der Waals surface area contributed by atoms with Gasteiger partial charge in [-0.1, -0.05) is 49.0 Å². The average Bonchev–Trinajstić information content (AvgIpc) is 2.21. The molecule has 13 heavy (non-hydrogen) atoms. The summed E-state index contributed by atoms with van der Waals surface area (Å²) in [4.78, 5) is 0. The van der Waals surface area contributed by atoms with E-state index in [-0.39, 0.29) is 0 Å². The maximum absolute atomic E-state index is 5.37. The highest BCUT2D eigenvalue weighted by Crippen LogP contribution is 2.03. The minimum absolute atomic E-state index is 1.04. The van der Waals surface area contributed by atoms with Crippen molar-refractivity contribution < 1.29 is 4.43 Å². The van der Waals surface area contributed by atoms with E-state index in [0.717, 1.165) is 6.04 Å². The predicted molar refractivity (Wildman–Crippen MR) is 60.1 cm³/mol. The summed E-state index contributed by atoms with van der Waals surface area (Å²) in [7, 11) is 0.759. The Hall–Kier alpha value is -0.863. The van der Waals surface area contributed by atoms with Gasteiger partial charge in [-0.3, -0.25) is 0 Å². The summed E-state index contributed by atoms with van der Waals surface area (Å²) in [6.45, 7) is 2.18. The van der Waals surface area contributed by atoms with Gasteiger partial charge in [0.15, 0.2) is 9.04 Å². The Labute approximate surface area is 81.8 Å². The molecule has 0 fully saturated rings. The van der Waals surface area contributed by atoms with Crippen molar-refractivity contribution in [2.24, 2.45) is 0 Å². The van der Waals surface area contributed by atoms with Crippen LogP contribution >= 0.6 is 0 Å². The van der Waals surface area contributed by atoms with E-state index in [0.29, 0.717) is 0 Å². The van der Waals surface area contributed by atoms with E-state index < -0.39 is 9.04 Å². The minimum atomic E-state index is -1.04. The number of benzene rings is 1. The van der Waals surface area contributed by atoms with Crippen molar-refractivity contribution in [3.05, 3.63) is 41.6 Å². The van der Waals surface area contributed by atoms with E-state index in [4.69, 9.17) is 4.43 Å². The van der Waals surface area contributed by atoms with Crippen LogP contribution in [0, 0.1) is 0 Å². The molecule has 0 N–H and O–H groups in total. The summed E-state index contributed by atoms with van der Waals surface area (Å²) in [5.74, 6) is 0. The second-order valence-electron chi connectivity index (χ2n) is 2.95. The van der Waals surface area contributed by atoms with Gasteiger partial charge in [-0.05, 0) is 11.6 Å². The van der Waals surface area contributed by atoms with E-state index in [1.54, 1.807) is 7.11 Å². The highest BCUT2D eigenvalue weighted by molar-refractivity contribution is 6.58. The monoisotopic (exact) mass is 192 g/mol. The molecule has 0 aliphatic heterocycles. The molecule has 70 valence electrons. The van der Waals surface area contributed by atoms with Gasteiger partial charge < -0.3 is 4.43 Å². The second-order valence-corrected chi connectivity index (χ2v) is 5.70. The fourth-order valence-electron chi connectivity index (χ4n) is 1.16. The lowest BCUT2D eigenvalue weighted by Crippen LogP contribution is -2.09. The molecule has 0 aliphatic rings. The molecular formula is C11H16OSi. The Morgan fingerprint density at radius 1 is 1.31 bits per heavy atom. The van der Waals surface area contributed by atoms with Crippen LogP contribution in [0.2, 0.25) is 6.04 Å². The molecule has 1 aromatic carbocycles. The van der Waals surface area contributed by atoms with E-state index in [2.05, 4.69) is 43.0 Å².